The van der Waals surface area contributed by atoms with Crippen LogP contribution in [0.1, 0.15) is 12.8 Å². The Hall–Kier alpha value is -0.840. The number of piperidine rings is 1. The minimum absolute atomic E-state index is 0. The zero-order chi connectivity index (χ0) is 12.3. The second-order valence-corrected chi connectivity index (χ2v) is 4.55. The molecule has 1 saturated heterocycles. The minimum Gasteiger partial charge on any atom is -0.326 e. The van der Waals surface area contributed by atoms with Crippen molar-refractivity contribution < 1.29 is 9.18 Å². The third-order valence-corrected chi connectivity index (χ3v) is 3.19. The quantitative estimate of drug-likeness (QED) is 0.880. The second-order valence-electron chi connectivity index (χ2n) is 4.14. The molecular formula is C12H15Cl2FN2O. The van der Waals surface area contributed by atoms with Gasteiger partial charge in [0.05, 0.1) is 5.02 Å². The van der Waals surface area contributed by atoms with Gasteiger partial charge in [0.15, 0.2) is 0 Å². The van der Waals surface area contributed by atoms with E-state index >= 15 is 0 Å². The molecule has 1 amide bonds. The number of nitrogens with one attached hydrogen (secondary N) is 2. The van der Waals surface area contributed by atoms with Crippen molar-refractivity contribution in [3.8, 4) is 0 Å². The van der Waals surface area contributed by atoms with E-state index in [9.17, 15) is 9.18 Å². The molecule has 2 rings (SSSR count). The third kappa shape index (κ3) is 3.83. The SMILES string of the molecule is Cl.O=C(Nc1ccc(F)c(Cl)c1)C1CCNCC1. The highest BCUT2D eigenvalue weighted by molar-refractivity contribution is 6.31. The maximum absolute atomic E-state index is 12.9. The van der Waals surface area contributed by atoms with Crippen LogP contribution in [0.2, 0.25) is 5.02 Å². The Morgan fingerprint density at radius 1 is 1.39 bits per heavy atom. The standard InChI is InChI=1S/C12H14ClFN2O.ClH/c13-10-7-9(1-2-11(10)14)16-12(17)8-3-5-15-6-4-8;/h1-2,7-8,15H,3-6H2,(H,16,17);1H. The van der Waals surface area contributed by atoms with Crippen LogP contribution in [0, 0.1) is 11.7 Å². The Balaban J connectivity index is 0.00000162. The Kier molecular flexibility index (Phi) is 5.85. The smallest absolute Gasteiger partial charge is 0.227 e. The summed E-state index contributed by atoms with van der Waals surface area (Å²) in [5.41, 5.74) is 0.542. The Morgan fingerprint density at radius 2 is 2.06 bits per heavy atom. The van der Waals surface area contributed by atoms with Crippen LogP contribution in [-0.2, 0) is 4.79 Å². The van der Waals surface area contributed by atoms with Crippen LogP contribution >= 0.6 is 24.0 Å². The van der Waals surface area contributed by atoms with E-state index in [-0.39, 0.29) is 29.3 Å². The van der Waals surface area contributed by atoms with Crippen LogP contribution in [0.5, 0.6) is 0 Å². The zero-order valence-electron chi connectivity index (χ0n) is 9.71. The number of amides is 1. The maximum atomic E-state index is 12.9. The summed E-state index contributed by atoms with van der Waals surface area (Å²) in [6.45, 7) is 1.73. The van der Waals surface area contributed by atoms with Gasteiger partial charge in [-0.1, -0.05) is 11.6 Å². The van der Waals surface area contributed by atoms with Crippen molar-refractivity contribution in [2.24, 2.45) is 5.92 Å². The molecule has 2 N–H and O–H groups in total. The Labute approximate surface area is 116 Å². The van der Waals surface area contributed by atoms with Crippen molar-refractivity contribution in [1.29, 1.82) is 0 Å². The van der Waals surface area contributed by atoms with E-state index in [0.717, 1.165) is 25.9 Å². The lowest BCUT2D eigenvalue weighted by Crippen LogP contribution is -2.34. The lowest BCUT2D eigenvalue weighted by atomic mass is 9.97. The predicted octanol–water partition coefficient (Wildman–Crippen LogP) is 2.84. The highest BCUT2D eigenvalue weighted by Gasteiger charge is 2.20. The van der Waals surface area contributed by atoms with Gasteiger partial charge in [0, 0.05) is 11.6 Å². The van der Waals surface area contributed by atoms with Gasteiger partial charge >= 0.3 is 0 Å². The van der Waals surface area contributed by atoms with Gasteiger partial charge < -0.3 is 10.6 Å². The zero-order valence-corrected chi connectivity index (χ0v) is 11.3. The Bertz CT molecular complexity index is 423. The molecule has 1 aliphatic rings. The molecular weight excluding hydrogens is 278 g/mol. The summed E-state index contributed by atoms with van der Waals surface area (Å²) in [5, 5.41) is 5.98. The molecule has 0 bridgehead atoms. The van der Waals surface area contributed by atoms with E-state index in [1.807, 2.05) is 0 Å². The van der Waals surface area contributed by atoms with E-state index < -0.39 is 5.82 Å². The average molecular weight is 293 g/mol. The predicted molar refractivity (Wildman–Crippen MR) is 72.9 cm³/mol. The monoisotopic (exact) mass is 292 g/mol. The number of carbonyl (C=O) groups excluding carboxylic acids is 1. The molecule has 0 radical (unpaired) electrons. The molecule has 0 atom stereocenters. The molecule has 1 heterocycles. The summed E-state index contributed by atoms with van der Waals surface area (Å²) in [5.74, 6) is -0.471. The lowest BCUT2D eigenvalue weighted by Gasteiger charge is -2.21. The number of rotatable bonds is 2. The van der Waals surface area contributed by atoms with Crippen molar-refractivity contribution in [3.05, 3.63) is 29.0 Å². The third-order valence-electron chi connectivity index (χ3n) is 2.90. The number of hydrogen-bond donors (Lipinski definition) is 2. The van der Waals surface area contributed by atoms with Crippen molar-refractivity contribution in [2.45, 2.75) is 12.8 Å². The second kappa shape index (κ2) is 6.92. The van der Waals surface area contributed by atoms with Gasteiger partial charge in [-0.2, -0.15) is 0 Å². The molecule has 18 heavy (non-hydrogen) atoms. The van der Waals surface area contributed by atoms with Crippen molar-refractivity contribution in [2.75, 3.05) is 18.4 Å². The number of hydrogen-bond acceptors (Lipinski definition) is 2. The molecule has 6 heteroatoms. The molecule has 0 spiro atoms. The van der Waals surface area contributed by atoms with Gasteiger partial charge in [0.2, 0.25) is 5.91 Å². The fraction of sp³-hybridized carbons (Fsp3) is 0.417. The summed E-state index contributed by atoms with van der Waals surface area (Å²) < 4.78 is 12.9. The van der Waals surface area contributed by atoms with Crippen LogP contribution in [0.15, 0.2) is 18.2 Å². The van der Waals surface area contributed by atoms with Crippen LogP contribution in [0.3, 0.4) is 0 Å². The summed E-state index contributed by atoms with van der Waals surface area (Å²) in [7, 11) is 0. The van der Waals surface area contributed by atoms with E-state index in [4.69, 9.17) is 11.6 Å². The fourth-order valence-corrected chi connectivity index (χ4v) is 2.08. The van der Waals surface area contributed by atoms with Gasteiger partial charge in [-0.05, 0) is 44.1 Å². The highest BCUT2D eigenvalue weighted by atomic mass is 35.5. The number of carbonyl (C=O) groups is 1. The van der Waals surface area contributed by atoms with Gasteiger partial charge in [0.1, 0.15) is 5.82 Å². The molecule has 0 saturated carbocycles. The van der Waals surface area contributed by atoms with Gasteiger partial charge in [0.25, 0.3) is 0 Å². The van der Waals surface area contributed by atoms with Crippen molar-refractivity contribution in [1.82, 2.24) is 5.32 Å². The molecule has 0 unspecified atom stereocenters. The maximum Gasteiger partial charge on any atom is 0.227 e. The van der Waals surface area contributed by atoms with Crippen LogP contribution < -0.4 is 10.6 Å². The van der Waals surface area contributed by atoms with Crippen molar-refractivity contribution in [3.63, 3.8) is 0 Å². The van der Waals surface area contributed by atoms with Gasteiger partial charge in [-0.15, -0.1) is 12.4 Å². The summed E-state index contributed by atoms with van der Waals surface area (Å²) in [6, 6.07) is 4.19. The molecule has 1 fully saturated rings. The van der Waals surface area contributed by atoms with Crippen LogP contribution in [0.25, 0.3) is 0 Å². The minimum atomic E-state index is -0.480. The van der Waals surface area contributed by atoms with Crippen molar-refractivity contribution >= 4 is 35.6 Å². The number of halogens is 3. The van der Waals surface area contributed by atoms with Crippen LogP contribution in [0.4, 0.5) is 10.1 Å². The van der Waals surface area contributed by atoms with Gasteiger partial charge in [-0.3, -0.25) is 4.79 Å². The van der Waals surface area contributed by atoms with E-state index in [1.54, 1.807) is 0 Å². The van der Waals surface area contributed by atoms with Gasteiger partial charge in [-0.25, -0.2) is 4.39 Å². The molecule has 0 aromatic heterocycles. The molecule has 1 aromatic carbocycles. The average Bonchev–Trinajstić information content (AvgIpc) is 2.35. The first-order chi connectivity index (χ1) is 8.16. The molecule has 1 aliphatic heterocycles. The largest absolute Gasteiger partial charge is 0.326 e. The summed E-state index contributed by atoms with van der Waals surface area (Å²) in [4.78, 5) is 11.9. The topological polar surface area (TPSA) is 41.1 Å². The lowest BCUT2D eigenvalue weighted by molar-refractivity contribution is -0.120. The van der Waals surface area contributed by atoms with Crippen LogP contribution in [-0.4, -0.2) is 19.0 Å². The number of benzene rings is 1. The molecule has 0 aliphatic carbocycles. The van der Waals surface area contributed by atoms with E-state index in [2.05, 4.69) is 10.6 Å². The molecule has 100 valence electrons. The number of anilines is 1. The normalized spacial score (nSPS) is 15.9. The first-order valence-corrected chi connectivity index (χ1v) is 6.01. The Morgan fingerprint density at radius 3 is 2.67 bits per heavy atom. The van der Waals surface area contributed by atoms with E-state index in [1.165, 1.54) is 18.2 Å². The summed E-state index contributed by atoms with van der Waals surface area (Å²) in [6.07, 6.45) is 1.67. The molecule has 1 aromatic rings. The highest BCUT2D eigenvalue weighted by Crippen LogP contribution is 2.21. The molecule has 3 nitrogen and oxygen atoms in total. The van der Waals surface area contributed by atoms with E-state index in [0.29, 0.717) is 5.69 Å². The first-order valence-electron chi connectivity index (χ1n) is 5.63. The summed E-state index contributed by atoms with van der Waals surface area (Å²) >= 11 is 5.65. The fourth-order valence-electron chi connectivity index (χ4n) is 1.90. The first kappa shape index (κ1) is 15.2.